The number of hydrogen-bond acceptors (Lipinski definition) is 3. The van der Waals surface area contributed by atoms with Crippen LogP contribution in [0.5, 0.6) is 11.5 Å². The van der Waals surface area contributed by atoms with Crippen molar-refractivity contribution in [1.82, 2.24) is 0 Å². The molecule has 0 aromatic heterocycles. The minimum absolute atomic E-state index is 0.611. The molecular formula is C76H49NOS. The van der Waals surface area contributed by atoms with E-state index in [1.165, 1.54) is 110 Å². The number of para-hydroxylation sites is 2. The lowest BCUT2D eigenvalue weighted by Gasteiger charge is -2.42. The van der Waals surface area contributed by atoms with Crippen molar-refractivity contribution >= 4 is 28.7 Å². The molecule has 0 saturated carbocycles. The normalized spacial score (nSPS) is 16.7. The van der Waals surface area contributed by atoms with Gasteiger partial charge in [0.05, 0.1) is 27.6 Å². The lowest BCUT2D eigenvalue weighted by Crippen LogP contribution is -2.34. The zero-order valence-electron chi connectivity index (χ0n) is 43.4. The summed E-state index contributed by atoms with van der Waals surface area (Å²) in [6.07, 6.45) is 4.34. The van der Waals surface area contributed by atoms with Crippen LogP contribution in [0.15, 0.2) is 295 Å². The molecule has 0 unspecified atom stereocenters. The molecule has 11 aromatic rings. The van der Waals surface area contributed by atoms with Crippen molar-refractivity contribution in [2.24, 2.45) is 0 Å². The van der Waals surface area contributed by atoms with Gasteiger partial charge in [-0.3, -0.25) is 0 Å². The second-order valence-corrected chi connectivity index (χ2v) is 22.8. The summed E-state index contributed by atoms with van der Waals surface area (Å²) in [4.78, 5) is 5.24. The van der Waals surface area contributed by atoms with Gasteiger partial charge in [0, 0.05) is 43.3 Å². The van der Waals surface area contributed by atoms with Gasteiger partial charge in [-0.2, -0.15) is 0 Å². The molecule has 0 fully saturated rings. The zero-order chi connectivity index (χ0) is 52.2. The number of allylic oxidation sites excluding steroid dienone is 5. The molecule has 3 spiro atoms. The highest BCUT2D eigenvalue weighted by Crippen LogP contribution is 2.69. The molecule has 0 saturated heterocycles. The Bertz CT molecular complexity index is 4430. The summed E-state index contributed by atoms with van der Waals surface area (Å²) < 4.78 is 6.88. The molecule has 3 heteroatoms. The van der Waals surface area contributed by atoms with Crippen molar-refractivity contribution in [3.05, 3.63) is 352 Å². The summed E-state index contributed by atoms with van der Waals surface area (Å²) in [6, 6.07) is 95.7. The molecule has 4 aliphatic carbocycles. The third kappa shape index (κ3) is 5.43. The minimum atomic E-state index is -0.677. The molecule has 2 aliphatic heterocycles. The van der Waals surface area contributed by atoms with E-state index in [4.69, 9.17) is 4.74 Å². The topological polar surface area (TPSA) is 12.5 Å². The Morgan fingerprint density at radius 2 is 0.785 bits per heavy atom. The highest BCUT2D eigenvalue weighted by Gasteiger charge is 2.57. The fourth-order valence-corrected chi connectivity index (χ4v) is 17.0. The Kier molecular flexibility index (Phi) is 9.23. The van der Waals surface area contributed by atoms with Gasteiger partial charge in [-0.05, 0) is 127 Å². The Morgan fingerprint density at radius 1 is 0.380 bits per heavy atom. The quantitative estimate of drug-likeness (QED) is 0.174. The van der Waals surface area contributed by atoms with Crippen LogP contribution in [-0.2, 0) is 16.2 Å². The van der Waals surface area contributed by atoms with Gasteiger partial charge in [-0.25, -0.2) is 0 Å². The lowest BCUT2D eigenvalue weighted by molar-refractivity contribution is 0.436. The van der Waals surface area contributed by atoms with Crippen LogP contribution in [0.4, 0.5) is 11.4 Å². The van der Waals surface area contributed by atoms with Gasteiger partial charge in [-0.15, -0.1) is 0 Å². The molecule has 0 amide bonds. The molecule has 0 radical (unpaired) electrons. The molecule has 0 atom stereocenters. The van der Waals surface area contributed by atoms with E-state index >= 15 is 0 Å². The highest BCUT2D eigenvalue weighted by molar-refractivity contribution is 7.99. The fraction of sp³-hybridized carbons (Fsp3) is 0.0526. The van der Waals surface area contributed by atoms with Crippen molar-refractivity contribution in [2.45, 2.75) is 33.0 Å². The molecule has 17 rings (SSSR count). The van der Waals surface area contributed by atoms with E-state index in [0.717, 1.165) is 39.7 Å². The first-order chi connectivity index (χ1) is 39.1. The van der Waals surface area contributed by atoms with Crippen LogP contribution in [0.3, 0.4) is 0 Å². The van der Waals surface area contributed by atoms with Gasteiger partial charge < -0.3 is 9.64 Å². The molecule has 0 bridgehead atoms. The maximum Gasteiger partial charge on any atom is 0.132 e. The molecule has 370 valence electrons. The maximum absolute atomic E-state index is 6.88. The average molecular weight is 1020 g/mol. The van der Waals surface area contributed by atoms with Crippen LogP contribution in [0, 0.1) is 0 Å². The zero-order valence-corrected chi connectivity index (χ0v) is 44.2. The molecule has 0 N–H and O–H groups in total. The van der Waals surface area contributed by atoms with Crippen molar-refractivity contribution in [2.75, 3.05) is 4.90 Å². The Balaban J connectivity index is 1.05. The van der Waals surface area contributed by atoms with E-state index in [2.05, 4.69) is 279 Å². The smallest absolute Gasteiger partial charge is 0.132 e. The molecule has 6 aliphatic rings. The summed E-state index contributed by atoms with van der Waals surface area (Å²) in [6.45, 7) is 6.91. The van der Waals surface area contributed by atoms with Crippen molar-refractivity contribution in [1.29, 1.82) is 0 Å². The van der Waals surface area contributed by atoms with Crippen LogP contribution in [-0.4, -0.2) is 0 Å². The average Bonchev–Trinajstić information content (AvgIpc) is 4.00. The van der Waals surface area contributed by atoms with E-state index in [1.807, 2.05) is 17.8 Å². The Labute approximate surface area is 465 Å². The number of fused-ring (bicyclic) bond motifs is 25. The van der Waals surface area contributed by atoms with E-state index in [1.54, 1.807) is 0 Å². The maximum atomic E-state index is 6.88. The summed E-state index contributed by atoms with van der Waals surface area (Å²) in [5.74, 6) is 1.75. The predicted molar refractivity (Wildman–Crippen MR) is 323 cm³/mol. The van der Waals surface area contributed by atoms with Crippen LogP contribution in [0.2, 0.25) is 0 Å². The monoisotopic (exact) mass is 1020 g/mol. The van der Waals surface area contributed by atoms with Gasteiger partial charge in [0.1, 0.15) is 11.5 Å². The SMILES string of the molecule is C=C/C=C1\C(=C(/C)N(c2cccc3c2-c2ccccc2C32c3ccccc3Oc3ccccc32)c2cccc3c2C2(c4ccccc4Sc4ccccc42)c2ccccc2-3)c2ccccc2C12c1ccccc1-c1ccccc12. The summed E-state index contributed by atoms with van der Waals surface area (Å²) in [5.41, 5.74) is 26.3. The van der Waals surface area contributed by atoms with E-state index in [-0.39, 0.29) is 0 Å². The van der Waals surface area contributed by atoms with Crippen LogP contribution in [0.1, 0.15) is 73.7 Å². The van der Waals surface area contributed by atoms with Crippen LogP contribution in [0.25, 0.3) is 39.0 Å². The number of anilines is 2. The summed E-state index contributed by atoms with van der Waals surface area (Å²) in [5, 5.41) is 0. The Hall–Kier alpha value is -9.41. The van der Waals surface area contributed by atoms with Gasteiger partial charge in [-0.1, -0.05) is 249 Å². The molecule has 79 heavy (non-hydrogen) atoms. The second-order valence-electron chi connectivity index (χ2n) is 21.7. The van der Waals surface area contributed by atoms with Crippen molar-refractivity contribution < 1.29 is 4.74 Å². The molecule has 11 aromatic carbocycles. The number of benzene rings is 11. The van der Waals surface area contributed by atoms with E-state index in [0.29, 0.717) is 0 Å². The third-order valence-corrected chi connectivity index (χ3v) is 19.5. The molecule has 2 nitrogen and oxygen atoms in total. The fourth-order valence-electron chi connectivity index (χ4n) is 15.8. The summed E-state index contributed by atoms with van der Waals surface area (Å²) >= 11 is 1.89. The third-order valence-electron chi connectivity index (χ3n) is 18.4. The number of rotatable bonds is 4. The van der Waals surface area contributed by atoms with Gasteiger partial charge in [0.15, 0.2) is 0 Å². The minimum Gasteiger partial charge on any atom is -0.457 e. The van der Waals surface area contributed by atoms with E-state index < -0.39 is 16.2 Å². The van der Waals surface area contributed by atoms with Gasteiger partial charge in [0.2, 0.25) is 0 Å². The van der Waals surface area contributed by atoms with Crippen molar-refractivity contribution in [3.8, 4) is 44.9 Å². The van der Waals surface area contributed by atoms with Gasteiger partial charge >= 0.3 is 0 Å². The molecule has 2 heterocycles. The number of hydrogen-bond donors (Lipinski definition) is 0. The number of nitrogens with zero attached hydrogens (tertiary/aromatic N) is 1. The first kappa shape index (κ1) is 44.7. The van der Waals surface area contributed by atoms with Crippen molar-refractivity contribution in [3.63, 3.8) is 0 Å². The van der Waals surface area contributed by atoms with E-state index in [9.17, 15) is 0 Å². The van der Waals surface area contributed by atoms with Gasteiger partial charge in [0.25, 0.3) is 0 Å². The highest BCUT2D eigenvalue weighted by atomic mass is 32.2. The molecular weight excluding hydrogens is 975 g/mol. The summed E-state index contributed by atoms with van der Waals surface area (Å²) in [7, 11) is 0. The van der Waals surface area contributed by atoms with Crippen LogP contribution < -0.4 is 9.64 Å². The largest absolute Gasteiger partial charge is 0.457 e. The predicted octanol–water partition coefficient (Wildman–Crippen LogP) is 19.0. The standard InChI is InChI=1S/C76H49NOS/c1-3-24-63-71(52-28-7-12-34-57(52)74(63)54-31-9-4-25-48(54)49-26-5-10-32-55(49)74)47(2)77(65-41-23-40-64-72(65)53-29-8-13-35-58(53)75(64)59-36-14-18-43-67(59)78-68-44-19-15-37-60(68)75)66-42-22-30-51-50-27-6-11-33-56(50)76(73(51)66)61-38-16-20-45-69(61)79-70-46-21-17-39-62(70)76/h3-46H,1H2,2H3/b63-24+,71-47+. The Morgan fingerprint density at radius 3 is 1.37 bits per heavy atom. The lowest BCUT2D eigenvalue weighted by atomic mass is 9.66. The first-order valence-electron chi connectivity index (χ1n) is 27.5. The number of ether oxygens (including phenoxy) is 1. The van der Waals surface area contributed by atoms with Crippen LogP contribution >= 0.6 is 11.8 Å². The first-order valence-corrected chi connectivity index (χ1v) is 28.3. The second kappa shape index (κ2) is 16.3.